The molecule has 24 heavy (non-hydrogen) atoms. The lowest BCUT2D eigenvalue weighted by molar-refractivity contribution is 0.0946. The van der Waals surface area contributed by atoms with E-state index in [1.807, 2.05) is 6.92 Å². The Bertz CT molecular complexity index is 729. The molecule has 3 rings (SSSR count). The zero-order valence-electron chi connectivity index (χ0n) is 13.6. The van der Waals surface area contributed by atoms with E-state index in [-0.39, 0.29) is 30.2 Å². The van der Waals surface area contributed by atoms with E-state index in [4.69, 9.17) is 5.73 Å². The molecule has 7 heteroatoms. The molecule has 0 spiro atoms. The summed E-state index contributed by atoms with van der Waals surface area (Å²) < 4.78 is 15.7. The van der Waals surface area contributed by atoms with Crippen molar-refractivity contribution in [2.45, 2.75) is 38.6 Å². The molecule has 1 aliphatic rings. The Labute approximate surface area is 146 Å². The molecule has 130 valence electrons. The Morgan fingerprint density at radius 3 is 2.88 bits per heavy atom. The van der Waals surface area contributed by atoms with Gasteiger partial charge < -0.3 is 11.1 Å². The number of benzene rings is 1. The largest absolute Gasteiger partial charge is 0.351 e. The Kier molecular flexibility index (Phi) is 5.96. The van der Waals surface area contributed by atoms with Crippen LogP contribution in [-0.4, -0.2) is 28.3 Å². The molecule has 5 nitrogen and oxygen atoms in total. The molecule has 1 amide bonds. The number of para-hydroxylation sites is 1. The average Bonchev–Trinajstić information content (AvgIpc) is 3.09. The van der Waals surface area contributed by atoms with Crippen LogP contribution >= 0.6 is 12.4 Å². The molecule has 0 saturated heterocycles. The van der Waals surface area contributed by atoms with Gasteiger partial charge in [-0.05, 0) is 44.7 Å². The first kappa shape index (κ1) is 18.4. The van der Waals surface area contributed by atoms with Crippen LogP contribution in [0.25, 0.3) is 5.69 Å². The molecule has 0 bridgehead atoms. The minimum Gasteiger partial charge on any atom is -0.351 e. The maximum Gasteiger partial charge on any atom is 0.272 e. The Morgan fingerprint density at radius 1 is 1.42 bits per heavy atom. The fourth-order valence-electron chi connectivity index (χ4n) is 2.94. The number of hydrogen-bond donors (Lipinski definition) is 2. The monoisotopic (exact) mass is 352 g/mol. The predicted molar refractivity (Wildman–Crippen MR) is 93.4 cm³/mol. The van der Waals surface area contributed by atoms with E-state index >= 15 is 0 Å². The van der Waals surface area contributed by atoms with Crippen LogP contribution in [0, 0.1) is 5.82 Å². The number of carbonyl (C=O) groups excluding carboxylic acids is 1. The lowest BCUT2D eigenvalue weighted by Gasteiger charge is -2.07. The quantitative estimate of drug-likeness (QED) is 0.867. The first-order valence-electron chi connectivity index (χ1n) is 7.97. The van der Waals surface area contributed by atoms with E-state index in [2.05, 4.69) is 10.4 Å². The van der Waals surface area contributed by atoms with Gasteiger partial charge in [0, 0.05) is 23.8 Å². The fraction of sp³-hybridized carbons (Fsp3) is 0.412. The molecule has 0 radical (unpaired) electrons. The molecule has 1 atom stereocenters. The molecule has 1 aromatic carbocycles. The van der Waals surface area contributed by atoms with Gasteiger partial charge in [-0.15, -0.1) is 12.4 Å². The number of halogens is 2. The third-order valence-electron chi connectivity index (χ3n) is 4.11. The summed E-state index contributed by atoms with van der Waals surface area (Å²) in [6.45, 7) is 2.41. The second-order valence-electron chi connectivity index (χ2n) is 6.01. The standard InChI is InChI=1S/C17H21FN4O.ClH/c1-11(19)9-10-20-17(23)16-12-5-4-8-14(12)22(21-16)15-7-3-2-6-13(15)18;/h2-3,6-7,11H,4-5,8-10,19H2,1H3,(H,20,23);1H. The van der Waals surface area contributed by atoms with Gasteiger partial charge in [-0.25, -0.2) is 9.07 Å². The van der Waals surface area contributed by atoms with E-state index in [0.29, 0.717) is 24.3 Å². The van der Waals surface area contributed by atoms with Crippen LogP contribution in [0.5, 0.6) is 0 Å². The number of nitrogens with two attached hydrogens (primary N) is 1. The highest BCUT2D eigenvalue weighted by atomic mass is 35.5. The van der Waals surface area contributed by atoms with Crippen molar-refractivity contribution in [2.24, 2.45) is 5.73 Å². The van der Waals surface area contributed by atoms with Gasteiger partial charge in [0.05, 0.1) is 0 Å². The van der Waals surface area contributed by atoms with Crippen molar-refractivity contribution in [1.82, 2.24) is 15.1 Å². The van der Waals surface area contributed by atoms with Crippen molar-refractivity contribution in [3.63, 3.8) is 0 Å². The third kappa shape index (κ3) is 3.60. The van der Waals surface area contributed by atoms with E-state index in [1.54, 1.807) is 22.9 Å². The van der Waals surface area contributed by atoms with Gasteiger partial charge in [0.2, 0.25) is 0 Å². The van der Waals surface area contributed by atoms with Crippen molar-refractivity contribution in [1.29, 1.82) is 0 Å². The topological polar surface area (TPSA) is 72.9 Å². The molecule has 0 fully saturated rings. The summed E-state index contributed by atoms with van der Waals surface area (Å²) in [5.74, 6) is -0.549. The normalized spacial score (nSPS) is 14.0. The second-order valence-corrected chi connectivity index (χ2v) is 6.01. The average molecular weight is 353 g/mol. The highest BCUT2D eigenvalue weighted by molar-refractivity contribution is 5.94. The van der Waals surface area contributed by atoms with Gasteiger partial charge in [0.25, 0.3) is 5.91 Å². The summed E-state index contributed by atoms with van der Waals surface area (Å²) in [7, 11) is 0. The second kappa shape index (κ2) is 7.77. The highest BCUT2D eigenvalue weighted by Gasteiger charge is 2.27. The minimum atomic E-state index is -0.339. The molecule has 2 aromatic rings. The SMILES string of the molecule is CC(N)CCNC(=O)c1nn(-c2ccccc2F)c2c1CCC2.Cl. The predicted octanol–water partition coefficient (Wildman–Crippen LogP) is 2.39. The van der Waals surface area contributed by atoms with E-state index < -0.39 is 0 Å². The molecule has 1 aliphatic carbocycles. The lowest BCUT2D eigenvalue weighted by atomic mass is 10.2. The van der Waals surface area contributed by atoms with Crippen molar-refractivity contribution in [3.8, 4) is 5.69 Å². The number of nitrogens with one attached hydrogen (secondary N) is 1. The van der Waals surface area contributed by atoms with Gasteiger partial charge >= 0.3 is 0 Å². The maximum absolute atomic E-state index is 14.1. The van der Waals surface area contributed by atoms with Crippen LogP contribution in [0.2, 0.25) is 0 Å². The summed E-state index contributed by atoms with van der Waals surface area (Å²) in [4.78, 5) is 12.4. The van der Waals surface area contributed by atoms with E-state index in [1.165, 1.54) is 6.07 Å². The Morgan fingerprint density at radius 2 is 2.17 bits per heavy atom. The Balaban J connectivity index is 0.00000208. The van der Waals surface area contributed by atoms with Crippen LogP contribution in [-0.2, 0) is 12.8 Å². The van der Waals surface area contributed by atoms with Gasteiger partial charge in [0.1, 0.15) is 11.5 Å². The summed E-state index contributed by atoms with van der Waals surface area (Å²) in [6, 6.07) is 6.53. The molecular weight excluding hydrogens is 331 g/mol. The minimum absolute atomic E-state index is 0. The number of fused-ring (bicyclic) bond motifs is 1. The number of nitrogens with zero attached hydrogens (tertiary/aromatic N) is 2. The summed E-state index contributed by atoms with van der Waals surface area (Å²) in [6.07, 6.45) is 3.29. The molecule has 0 aliphatic heterocycles. The van der Waals surface area contributed by atoms with Crippen molar-refractivity contribution >= 4 is 18.3 Å². The number of rotatable bonds is 5. The molecule has 1 aromatic heterocycles. The van der Waals surface area contributed by atoms with Crippen LogP contribution in [0.3, 0.4) is 0 Å². The van der Waals surface area contributed by atoms with Gasteiger partial charge in [-0.2, -0.15) is 5.10 Å². The molecular formula is C17H22ClFN4O. The number of aromatic nitrogens is 2. The van der Waals surface area contributed by atoms with Crippen LogP contribution in [0.4, 0.5) is 4.39 Å². The summed E-state index contributed by atoms with van der Waals surface area (Å²) >= 11 is 0. The van der Waals surface area contributed by atoms with Crippen LogP contribution < -0.4 is 11.1 Å². The van der Waals surface area contributed by atoms with Gasteiger partial charge in [-0.1, -0.05) is 12.1 Å². The zero-order chi connectivity index (χ0) is 16.4. The number of amides is 1. The zero-order valence-corrected chi connectivity index (χ0v) is 14.4. The van der Waals surface area contributed by atoms with Crippen LogP contribution in [0.15, 0.2) is 24.3 Å². The highest BCUT2D eigenvalue weighted by Crippen LogP contribution is 2.28. The van der Waals surface area contributed by atoms with Crippen molar-refractivity contribution < 1.29 is 9.18 Å². The van der Waals surface area contributed by atoms with Crippen molar-refractivity contribution in [3.05, 3.63) is 47.0 Å². The molecule has 0 saturated carbocycles. The van der Waals surface area contributed by atoms with E-state index in [9.17, 15) is 9.18 Å². The Hall–Kier alpha value is -1.92. The summed E-state index contributed by atoms with van der Waals surface area (Å²) in [5.41, 5.74) is 8.36. The smallest absolute Gasteiger partial charge is 0.272 e. The van der Waals surface area contributed by atoms with Gasteiger partial charge in [-0.3, -0.25) is 4.79 Å². The third-order valence-corrected chi connectivity index (χ3v) is 4.11. The summed E-state index contributed by atoms with van der Waals surface area (Å²) in [5, 5.41) is 7.24. The molecule has 1 heterocycles. The fourth-order valence-corrected chi connectivity index (χ4v) is 2.94. The number of carbonyl (C=O) groups is 1. The molecule has 3 N–H and O–H groups in total. The lowest BCUT2D eigenvalue weighted by Crippen LogP contribution is -2.29. The van der Waals surface area contributed by atoms with Crippen molar-refractivity contribution in [2.75, 3.05) is 6.54 Å². The molecule has 1 unspecified atom stereocenters. The first-order chi connectivity index (χ1) is 11.1. The number of hydrogen-bond acceptors (Lipinski definition) is 3. The van der Waals surface area contributed by atoms with Gasteiger partial charge in [0.15, 0.2) is 5.69 Å². The van der Waals surface area contributed by atoms with E-state index in [0.717, 1.165) is 30.5 Å². The maximum atomic E-state index is 14.1. The first-order valence-corrected chi connectivity index (χ1v) is 7.97. The van der Waals surface area contributed by atoms with Crippen LogP contribution in [0.1, 0.15) is 41.5 Å².